The molecule has 0 amide bonds. The Kier molecular flexibility index (Phi) is 2.83. The predicted octanol–water partition coefficient (Wildman–Crippen LogP) is 1.91. The second kappa shape index (κ2) is 4.14. The van der Waals surface area contributed by atoms with Crippen molar-refractivity contribution in [1.29, 1.82) is 0 Å². The lowest BCUT2D eigenvalue weighted by molar-refractivity contribution is 0.503. The van der Waals surface area contributed by atoms with Gasteiger partial charge in [0.05, 0.1) is 25.0 Å². The van der Waals surface area contributed by atoms with Crippen LogP contribution in [0.2, 0.25) is 0 Å². The molecule has 0 aliphatic carbocycles. The number of nitrogens with two attached hydrogens (primary N) is 1. The molecule has 0 atom stereocenters. The van der Waals surface area contributed by atoms with Gasteiger partial charge in [-0.25, -0.2) is 0 Å². The molecule has 0 aliphatic rings. The van der Waals surface area contributed by atoms with Crippen LogP contribution < -0.4 is 5.73 Å². The third kappa shape index (κ3) is 1.76. The van der Waals surface area contributed by atoms with E-state index in [-0.39, 0.29) is 0 Å². The quantitative estimate of drug-likeness (QED) is 0.857. The van der Waals surface area contributed by atoms with Crippen molar-refractivity contribution < 1.29 is 4.42 Å². The minimum absolute atomic E-state index is 0.431. The van der Waals surface area contributed by atoms with Gasteiger partial charge in [0.2, 0.25) is 0 Å². The van der Waals surface area contributed by atoms with E-state index >= 15 is 0 Å². The van der Waals surface area contributed by atoms with Gasteiger partial charge >= 0.3 is 0 Å². The first kappa shape index (κ1) is 11.0. The Balaban J connectivity index is 2.30. The van der Waals surface area contributed by atoms with E-state index in [0.717, 1.165) is 23.6 Å². The lowest BCUT2D eigenvalue weighted by Gasteiger charge is -2.04. The van der Waals surface area contributed by atoms with Crippen LogP contribution in [-0.4, -0.2) is 9.78 Å². The van der Waals surface area contributed by atoms with Crippen LogP contribution >= 0.6 is 0 Å². The van der Waals surface area contributed by atoms with Gasteiger partial charge in [-0.2, -0.15) is 5.10 Å². The number of nitrogens with zero attached hydrogens (tertiary/aromatic N) is 2. The summed E-state index contributed by atoms with van der Waals surface area (Å²) in [6.45, 7) is 7.35. The highest BCUT2D eigenvalue weighted by Crippen LogP contribution is 2.16. The van der Waals surface area contributed by atoms with Crippen LogP contribution in [0, 0.1) is 20.8 Å². The molecule has 4 nitrogen and oxygen atoms in total. The van der Waals surface area contributed by atoms with E-state index in [1.54, 1.807) is 6.26 Å². The maximum Gasteiger partial charge on any atom is 0.122 e. The van der Waals surface area contributed by atoms with E-state index in [0.29, 0.717) is 6.54 Å². The molecule has 4 heteroatoms. The molecule has 0 aliphatic heterocycles. The van der Waals surface area contributed by atoms with E-state index in [2.05, 4.69) is 18.9 Å². The van der Waals surface area contributed by atoms with Crippen molar-refractivity contribution in [2.75, 3.05) is 0 Å². The van der Waals surface area contributed by atoms with Crippen molar-refractivity contribution in [3.63, 3.8) is 0 Å². The van der Waals surface area contributed by atoms with Gasteiger partial charge in [-0.3, -0.25) is 4.68 Å². The van der Waals surface area contributed by atoms with Crippen LogP contribution in [0.4, 0.5) is 0 Å². The van der Waals surface area contributed by atoms with Crippen molar-refractivity contribution in [2.24, 2.45) is 5.73 Å². The minimum Gasteiger partial charge on any atom is -0.468 e. The van der Waals surface area contributed by atoms with E-state index < -0.39 is 0 Å². The van der Waals surface area contributed by atoms with Gasteiger partial charge in [0.1, 0.15) is 5.76 Å². The van der Waals surface area contributed by atoms with Crippen LogP contribution in [-0.2, 0) is 13.1 Å². The largest absolute Gasteiger partial charge is 0.468 e. The minimum atomic E-state index is 0.431. The second-order valence-electron chi connectivity index (χ2n) is 4.03. The normalized spacial score (nSPS) is 11.0. The number of hydrogen-bond acceptors (Lipinski definition) is 3. The Morgan fingerprint density at radius 2 is 2.12 bits per heavy atom. The second-order valence-corrected chi connectivity index (χ2v) is 4.03. The Morgan fingerprint density at radius 1 is 1.38 bits per heavy atom. The van der Waals surface area contributed by atoms with Crippen molar-refractivity contribution in [3.8, 4) is 0 Å². The standard InChI is InChI=1S/C12H17N3O/c1-8-9(2)14-15(10(8)3)7-11-4-5-16-12(11)6-13/h4-5H,6-7,13H2,1-3H3. The van der Waals surface area contributed by atoms with Crippen LogP contribution in [0.1, 0.15) is 28.3 Å². The molecule has 0 radical (unpaired) electrons. The molecule has 0 saturated heterocycles. The summed E-state index contributed by atoms with van der Waals surface area (Å²) < 4.78 is 7.29. The Bertz CT molecular complexity index is 496. The van der Waals surface area contributed by atoms with Crippen LogP contribution in [0.15, 0.2) is 16.7 Å². The first-order valence-electron chi connectivity index (χ1n) is 5.39. The van der Waals surface area contributed by atoms with Crippen molar-refractivity contribution >= 4 is 0 Å². The molecule has 16 heavy (non-hydrogen) atoms. The Hall–Kier alpha value is -1.55. The van der Waals surface area contributed by atoms with Crippen LogP contribution in [0.5, 0.6) is 0 Å². The maximum absolute atomic E-state index is 5.60. The SMILES string of the molecule is Cc1nn(Cc2ccoc2CN)c(C)c1C. The summed E-state index contributed by atoms with van der Waals surface area (Å²) in [5.41, 5.74) is 10.2. The van der Waals surface area contributed by atoms with Crippen LogP contribution in [0.3, 0.4) is 0 Å². The Labute approximate surface area is 95.1 Å². The summed E-state index contributed by atoms with van der Waals surface area (Å²) in [6.07, 6.45) is 1.68. The van der Waals surface area contributed by atoms with Crippen molar-refractivity contribution in [3.05, 3.63) is 40.6 Å². The van der Waals surface area contributed by atoms with Gasteiger partial charge in [0, 0.05) is 11.3 Å². The first-order valence-corrected chi connectivity index (χ1v) is 5.39. The summed E-state index contributed by atoms with van der Waals surface area (Å²) in [4.78, 5) is 0. The lowest BCUT2D eigenvalue weighted by atomic mass is 10.2. The highest BCUT2D eigenvalue weighted by atomic mass is 16.3. The number of furan rings is 1. The molecule has 0 bridgehead atoms. The molecule has 2 N–H and O–H groups in total. The molecule has 86 valence electrons. The molecule has 0 saturated carbocycles. The lowest BCUT2D eigenvalue weighted by Crippen LogP contribution is -2.07. The summed E-state index contributed by atoms with van der Waals surface area (Å²) in [5, 5.41) is 4.49. The van der Waals surface area contributed by atoms with Crippen molar-refractivity contribution in [2.45, 2.75) is 33.9 Å². The van der Waals surface area contributed by atoms with Gasteiger partial charge in [0.25, 0.3) is 0 Å². The molecule has 2 aromatic rings. The molecule has 2 rings (SSSR count). The van der Waals surface area contributed by atoms with Gasteiger partial charge < -0.3 is 10.2 Å². The smallest absolute Gasteiger partial charge is 0.122 e. The average Bonchev–Trinajstić information content (AvgIpc) is 2.81. The molecular formula is C12H17N3O. The highest BCUT2D eigenvalue weighted by Gasteiger charge is 2.10. The molecule has 0 aromatic carbocycles. The predicted molar refractivity (Wildman–Crippen MR) is 62.1 cm³/mol. The fraction of sp³-hybridized carbons (Fsp3) is 0.417. The van der Waals surface area contributed by atoms with Gasteiger partial charge in [-0.05, 0) is 32.4 Å². The summed E-state index contributed by atoms with van der Waals surface area (Å²) in [7, 11) is 0. The molecule has 0 fully saturated rings. The van der Waals surface area contributed by atoms with E-state index in [9.17, 15) is 0 Å². The molecule has 2 aromatic heterocycles. The zero-order valence-electron chi connectivity index (χ0n) is 9.95. The summed E-state index contributed by atoms with van der Waals surface area (Å²) in [5.74, 6) is 0.838. The van der Waals surface area contributed by atoms with E-state index in [4.69, 9.17) is 10.2 Å². The van der Waals surface area contributed by atoms with E-state index in [1.807, 2.05) is 17.7 Å². The van der Waals surface area contributed by atoms with Gasteiger partial charge in [-0.1, -0.05) is 0 Å². The van der Waals surface area contributed by atoms with Crippen LogP contribution in [0.25, 0.3) is 0 Å². The fourth-order valence-corrected chi connectivity index (χ4v) is 1.79. The highest BCUT2D eigenvalue weighted by molar-refractivity contribution is 5.24. The average molecular weight is 219 g/mol. The third-order valence-electron chi connectivity index (χ3n) is 3.09. The van der Waals surface area contributed by atoms with Gasteiger partial charge in [0.15, 0.2) is 0 Å². The molecule has 2 heterocycles. The number of aromatic nitrogens is 2. The maximum atomic E-state index is 5.60. The first-order chi connectivity index (χ1) is 7.63. The molecular weight excluding hydrogens is 202 g/mol. The number of rotatable bonds is 3. The van der Waals surface area contributed by atoms with E-state index in [1.165, 1.54) is 11.3 Å². The molecule has 0 unspecified atom stereocenters. The Morgan fingerprint density at radius 3 is 2.69 bits per heavy atom. The number of hydrogen-bond donors (Lipinski definition) is 1. The monoisotopic (exact) mass is 219 g/mol. The topological polar surface area (TPSA) is 57.0 Å². The fourth-order valence-electron chi connectivity index (χ4n) is 1.79. The van der Waals surface area contributed by atoms with Crippen molar-refractivity contribution in [1.82, 2.24) is 9.78 Å². The van der Waals surface area contributed by atoms with Gasteiger partial charge in [-0.15, -0.1) is 0 Å². The summed E-state index contributed by atoms with van der Waals surface area (Å²) >= 11 is 0. The zero-order valence-corrected chi connectivity index (χ0v) is 9.95. The third-order valence-corrected chi connectivity index (χ3v) is 3.09. The zero-order chi connectivity index (χ0) is 11.7. The molecule has 0 spiro atoms. The summed E-state index contributed by atoms with van der Waals surface area (Å²) in [6, 6.07) is 1.95. The number of aryl methyl sites for hydroxylation is 1.